The maximum Gasteiger partial charge on any atom is 0.126 e. The molecule has 2 heterocycles. The molecule has 4 nitrogen and oxygen atoms in total. The maximum absolute atomic E-state index is 13.2. The van der Waals surface area contributed by atoms with Gasteiger partial charge in [-0.3, -0.25) is 0 Å². The summed E-state index contributed by atoms with van der Waals surface area (Å²) < 4.78 is 13.2. The van der Waals surface area contributed by atoms with E-state index < -0.39 is 0 Å². The molecule has 0 spiro atoms. The van der Waals surface area contributed by atoms with Crippen molar-refractivity contribution >= 4 is 23.0 Å². The zero-order valence-corrected chi connectivity index (χ0v) is 20.0. The molecule has 6 heteroatoms. The van der Waals surface area contributed by atoms with Gasteiger partial charge >= 0.3 is 0 Å². The van der Waals surface area contributed by atoms with E-state index in [1.807, 2.05) is 51.1 Å². The minimum absolute atomic E-state index is 0.239. The molecular formula is C26H34ClFN4. The van der Waals surface area contributed by atoms with Crippen LogP contribution in [0.2, 0.25) is 5.02 Å². The molecule has 1 aromatic heterocycles. The zero-order chi connectivity index (χ0) is 23.3. The van der Waals surface area contributed by atoms with Gasteiger partial charge in [0.1, 0.15) is 11.6 Å². The number of pyridine rings is 1. The first kappa shape index (κ1) is 25.6. The third kappa shape index (κ3) is 8.48. The molecule has 0 atom stereocenters. The van der Waals surface area contributed by atoms with Gasteiger partial charge in [-0.05, 0) is 68.3 Å². The SMILES string of the molecule is C=C(/C=C\C=C(/C)c1cc(NC2CCNCC2)ncc1Cl)NCc1cccc(F)c1.CC. The molecule has 2 aromatic rings. The van der Waals surface area contributed by atoms with Gasteiger partial charge in [-0.25, -0.2) is 9.37 Å². The van der Waals surface area contributed by atoms with Gasteiger partial charge in [-0.1, -0.05) is 56.3 Å². The van der Waals surface area contributed by atoms with E-state index in [1.165, 1.54) is 12.1 Å². The van der Waals surface area contributed by atoms with Crippen molar-refractivity contribution in [3.8, 4) is 0 Å². The summed E-state index contributed by atoms with van der Waals surface area (Å²) in [4.78, 5) is 4.42. The fourth-order valence-corrected chi connectivity index (χ4v) is 3.57. The normalized spacial score (nSPS) is 14.6. The molecule has 1 fully saturated rings. The van der Waals surface area contributed by atoms with Gasteiger partial charge < -0.3 is 16.0 Å². The Hall–Kier alpha value is -2.63. The van der Waals surface area contributed by atoms with Crippen LogP contribution in [0.3, 0.4) is 0 Å². The Morgan fingerprint density at radius 2 is 2.03 bits per heavy atom. The first-order valence-corrected chi connectivity index (χ1v) is 11.5. The van der Waals surface area contributed by atoms with Crippen molar-refractivity contribution in [2.24, 2.45) is 0 Å². The van der Waals surface area contributed by atoms with Crippen molar-refractivity contribution in [1.82, 2.24) is 15.6 Å². The lowest BCUT2D eigenvalue weighted by molar-refractivity contribution is 0.478. The van der Waals surface area contributed by atoms with E-state index in [0.717, 1.165) is 54.1 Å². The molecule has 0 aliphatic carbocycles. The number of nitrogens with one attached hydrogen (secondary N) is 3. The van der Waals surface area contributed by atoms with Crippen molar-refractivity contribution in [2.75, 3.05) is 18.4 Å². The average Bonchev–Trinajstić information content (AvgIpc) is 2.81. The number of hydrogen-bond donors (Lipinski definition) is 3. The smallest absolute Gasteiger partial charge is 0.126 e. The molecule has 0 radical (unpaired) electrons. The van der Waals surface area contributed by atoms with Crippen molar-refractivity contribution in [3.63, 3.8) is 0 Å². The predicted octanol–water partition coefficient (Wildman–Crippen LogP) is 6.33. The van der Waals surface area contributed by atoms with Crippen molar-refractivity contribution in [3.05, 3.63) is 89.0 Å². The number of piperidine rings is 1. The van der Waals surface area contributed by atoms with Crippen LogP contribution < -0.4 is 16.0 Å². The molecule has 1 aromatic carbocycles. The van der Waals surface area contributed by atoms with Gasteiger partial charge in [-0.15, -0.1) is 0 Å². The van der Waals surface area contributed by atoms with Gasteiger partial charge in [0.15, 0.2) is 0 Å². The number of aromatic nitrogens is 1. The largest absolute Gasteiger partial charge is 0.381 e. The van der Waals surface area contributed by atoms with E-state index >= 15 is 0 Å². The van der Waals surface area contributed by atoms with E-state index in [4.69, 9.17) is 11.6 Å². The van der Waals surface area contributed by atoms with E-state index in [1.54, 1.807) is 12.3 Å². The van der Waals surface area contributed by atoms with Crippen LogP contribution in [0.25, 0.3) is 5.57 Å². The molecule has 0 saturated carbocycles. The van der Waals surface area contributed by atoms with Crippen LogP contribution in [-0.2, 0) is 6.54 Å². The van der Waals surface area contributed by atoms with Crippen LogP contribution >= 0.6 is 11.6 Å². The van der Waals surface area contributed by atoms with Crippen LogP contribution in [0.1, 0.15) is 44.7 Å². The number of halogens is 2. The molecular weight excluding hydrogens is 423 g/mol. The number of anilines is 1. The van der Waals surface area contributed by atoms with Crippen LogP contribution in [0, 0.1) is 5.82 Å². The molecule has 1 saturated heterocycles. The second-order valence-electron chi connectivity index (χ2n) is 7.44. The summed E-state index contributed by atoms with van der Waals surface area (Å²) in [6.07, 6.45) is 9.66. The Morgan fingerprint density at radius 3 is 2.75 bits per heavy atom. The first-order chi connectivity index (χ1) is 15.5. The molecule has 1 aliphatic rings. The second kappa shape index (κ2) is 13.7. The van der Waals surface area contributed by atoms with Crippen molar-refractivity contribution in [2.45, 2.75) is 46.2 Å². The molecule has 1 aliphatic heterocycles. The van der Waals surface area contributed by atoms with Crippen molar-refractivity contribution in [1.29, 1.82) is 0 Å². The maximum atomic E-state index is 13.2. The Kier molecular flexibility index (Phi) is 11.0. The summed E-state index contributed by atoms with van der Waals surface area (Å²) in [7, 11) is 0. The number of rotatable bonds is 8. The van der Waals surface area contributed by atoms with Crippen molar-refractivity contribution < 1.29 is 4.39 Å². The number of nitrogens with zero attached hydrogens (tertiary/aromatic N) is 1. The summed E-state index contributed by atoms with van der Waals surface area (Å²) in [5, 5.41) is 10.7. The van der Waals surface area contributed by atoms with Crippen LogP contribution in [0.5, 0.6) is 0 Å². The minimum atomic E-state index is -0.239. The van der Waals surface area contributed by atoms with Crippen LogP contribution in [0.4, 0.5) is 10.2 Å². The summed E-state index contributed by atoms with van der Waals surface area (Å²) in [6.45, 7) is 12.6. The van der Waals surface area contributed by atoms with Crippen LogP contribution in [-0.4, -0.2) is 24.1 Å². The zero-order valence-electron chi connectivity index (χ0n) is 19.2. The third-order valence-corrected chi connectivity index (χ3v) is 5.32. The first-order valence-electron chi connectivity index (χ1n) is 11.2. The highest BCUT2D eigenvalue weighted by molar-refractivity contribution is 6.32. The Balaban J connectivity index is 0.00000176. The van der Waals surface area contributed by atoms with Gasteiger partial charge in [0.2, 0.25) is 0 Å². The molecule has 172 valence electrons. The van der Waals surface area contributed by atoms with E-state index in [9.17, 15) is 4.39 Å². The third-order valence-electron chi connectivity index (χ3n) is 5.02. The molecule has 32 heavy (non-hydrogen) atoms. The van der Waals surface area contributed by atoms with E-state index in [0.29, 0.717) is 17.6 Å². The Bertz CT molecular complexity index is 933. The summed E-state index contributed by atoms with van der Waals surface area (Å²) in [6, 6.07) is 8.95. The monoisotopic (exact) mass is 456 g/mol. The van der Waals surface area contributed by atoms with Crippen LogP contribution in [0.15, 0.2) is 67.0 Å². The lowest BCUT2D eigenvalue weighted by atomic mass is 10.1. The highest BCUT2D eigenvalue weighted by atomic mass is 35.5. The predicted molar refractivity (Wildman–Crippen MR) is 135 cm³/mol. The van der Waals surface area contributed by atoms with Gasteiger partial charge in [-0.2, -0.15) is 0 Å². The standard InChI is InChI=1S/C24H28ClFN4.C2H6/c1-17(5-3-6-18(2)28-15-19-7-4-8-20(26)13-19)22-14-24(29-16-23(22)25)30-21-9-11-27-12-10-21;1-2/h3-8,13-14,16,21,27-28H,2,9-12,15H2,1H3,(H,29,30);1-2H3/b6-3-,17-5+;. The summed E-state index contributed by atoms with van der Waals surface area (Å²) in [5.41, 5.74) is 3.60. The lowest BCUT2D eigenvalue weighted by Gasteiger charge is -2.24. The second-order valence-corrected chi connectivity index (χ2v) is 7.84. The Labute approximate surface area is 196 Å². The highest BCUT2D eigenvalue weighted by Gasteiger charge is 2.14. The number of benzene rings is 1. The average molecular weight is 457 g/mol. The highest BCUT2D eigenvalue weighted by Crippen LogP contribution is 2.26. The quantitative estimate of drug-likeness (QED) is 0.406. The minimum Gasteiger partial charge on any atom is -0.381 e. The fraction of sp³-hybridized carbons (Fsp3) is 0.346. The van der Waals surface area contributed by atoms with E-state index in [-0.39, 0.29) is 5.82 Å². The van der Waals surface area contributed by atoms with E-state index in [2.05, 4.69) is 27.5 Å². The lowest BCUT2D eigenvalue weighted by Crippen LogP contribution is -2.35. The summed E-state index contributed by atoms with van der Waals surface area (Å²) in [5.74, 6) is 0.608. The molecule has 0 unspecified atom stereocenters. The number of hydrogen-bond acceptors (Lipinski definition) is 4. The molecule has 0 bridgehead atoms. The van der Waals surface area contributed by atoms with Gasteiger partial charge in [0.05, 0.1) is 5.02 Å². The topological polar surface area (TPSA) is 49.0 Å². The van der Waals surface area contributed by atoms with Gasteiger partial charge in [0.25, 0.3) is 0 Å². The number of allylic oxidation sites excluding steroid dienone is 4. The molecule has 3 N–H and O–H groups in total. The van der Waals surface area contributed by atoms with Gasteiger partial charge in [0, 0.05) is 30.0 Å². The Morgan fingerprint density at radius 1 is 1.28 bits per heavy atom. The fourth-order valence-electron chi connectivity index (χ4n) is 3.32. The summed E-state index contributed by atoms with van der Waals surface area (Å²) >= 11 is 6.38. The molecule has 0 amide bonds. The molecule has 3 rings (SSSR count).